The highest BCUT2D eigenvalue weighted by atomic mass is 16.1. The number of unbranched alkanes of at least 4 members (excludes halogenated alkanes) is 3. The van der Waals surface area contributed by atoms with Crippen molar-refractivity contribution in [3.63, 3.8) is 0 Å². The van der Waals surface area contributed by atoms with Crippen LogP contribution in [0.1, 0.15) is 50.5 Å². The number of benzene rings is 1. The molecule has 2 rings (SSSR count). The minimum Gasteiger partial charge on any atom is -0.299 e. The summed E-state index contributed by atoms with van der Waals surface area (Å²) in [4.78, 5) is 12.3. The summed E-state index contributed by atoms with van der Waals surface area (Å²) >= 11 is 0. The Morgan fingerprint density at radius 1 is 1.17 bits per heavy atom. The Morgan fingerprint density at radius 3 is 2.50 bits per heavy atom. The van der Waals surface area contributed by atoms with Gasteiger partial charge in [0, 0.05) is 6.42 Å². The third kappa shape index (κ3) is 2.90. The Balaban J connectivity index is 1.84. The van der Waals surface area contributed by atoms with Gasteiger partial charge in [-0.2, -0.15) is 0 Å². The molecule has 0 heterocycles. The highest BCUT2D eigenvalue weighted by Crippen LogP contribution is 2.49. The maximum Gasteiger partial charge on any atom is 0.143 e. The first-order chi connectivity index (χ1) is 8.79. The van der Waals surface area contributed by atoms with E-state index in [-0.39, 0.29) is 5.41 Å². The smallest absolute Gasteiger partial charge is 0.143 e. The van der Waals surface area contributed by atoms with Crippen molar-refractivity contribution in [3.05, 3.63) is 48.6 Å². The van der Waals surface area contributed by atoms with Gasteiger partial charge < -0.3 is 0 Å². The van der Waals surface area contributed by atoms with Gasteiger partial charge in [-0.15, -0.1) is 6.58 Å². The molecule has 0 atom stereocenters. The van der Waals surface area contributed by atoms with Crippen LogP contribution in [0.4, 0.5) is 0 Å². The van der Waals surface area contributed by atoms with E-state index in [4.69, 9.17) is 0 Å². The Hall–Kier alpha value is -1.37. The van der Waals surface area contributed by atoms with Crippen LogP contribution in [-0.2, 0) is 10.2 Å². The molecule has 0 amide bonds. The van der Waals surface area contributed by atoms with E-state index in [0.717, 1.165) is 44.9 Å². The molecule has 18 heavy (non-hydrogen) atoms. The molecule has 1 fully saturated rings. The predicted octanol–water partition coefficient (Wildman–Crippen LogP) is 4.42. The maximum atomic E-state index is 12.3. The van der Waals surface area contributed by atoms with Crippen molar-refractivity contribution in [1.29, 1.82) is 0 Å². The van der Waals surface area contributed by atoms with E-state index in [2.05, 4.69) is 18.7 Å². The Kier molecular flexibility index (Phi) is 4.35. The molecule has 0 radical (unpaired) electrons. The Bertz CT molecular complexity index is 401. The second-order valence-corrected chi connectivity index (χ2v) is 5.26. The molecular weight excluding hydrogens is 220 g/mol. The standard InChI is InChI=1S/C17H22O/c1-2-3-4-5-9-12-16(18)17(13-14-17)15-10-7-6-8-11-15/h2,6-8,10-11H,1,3-5,9,12-14H2. The molecule has 0 aromatic heterocycles. The van der Waals surface area contributed by atoms with Gasteiger partial charge in [-0.05, 0) is 37.7 Å². The topological polar surface area (TPSA) is 17.1 Å². The second kappa shape index (κ2) is 5.99. The molecule has 96 valence electrons. The lowest BCUT2D eigenvalue weighted by atomic mass is 9.88. The van der Waals surface area contributed by atoms with E-state index in [0.29, 0.717) is 5.78 Å². The number of rotatable bonds is 8. The van der Waals surface area contributed by atoms with Crippen LogP contribution in [0.5, 0.6) is 0 Å². The van der Waals surface area contributed by atoms with Crippen LogP contribution in [0.25, 0.3) is 0 Å². The van der Waals surface area contributed by atoms with Crippen molar-refractivity contribution < 1.29 is 4.79 Å². The summed E-state index contributed by atoms with van der Waals surface area (Å²) in [6.07, 6.45) is 9.18. The lowest BCUT2D eigenvalue weighted by Crippen LogP contribution is -2.20. The normalized spacial score (nSPS) is 16.2. The van der Waals surface area contributed by atoms with E-state index in [1.807, 2.05) is 24.3 Å². The zero-order chi connectivity index (χ0) is 12.8. The largest absolute Gasteiger partial charge is 0.299 e. The van der Waals surface area contributed by atoms with E-state index >= 15 is 0 Å². The van der Waals surface area contributed by atoms with Crippen molar-refractivity contribution in [1.82, 2.24) is 0 Å². The SMILES string of the molecule is C=CCCCCCC(=O)C1(c2ccccc2)CC1. The van der Waals surface area contributed by atoms with Crippen molar-refractivity contribution >= 4 is 5.78 Å². The lowest BCUT2D eigenvalue weighted by Gasteiger charge is -2.14. The van der Waals surface area contributed by atoms with E-state index in [1.54, 1.807) is 0 Å². The van der Waals surface area contributed by atoms with Crippen LogP contribution in [0.2, 0.25) is 0 Å². The monoisotopic (exact) mass is 242 g/mol. The van der Waals surface area contributed by atoms with Gasteiger partial charge in [0.15, 0.2) is 0 Å². The van der Waals surface area contributed by atoms with Crippen LogP contribution < -0.4 is 0 Å². The van der Waals surface area contributed by atoms with E-state index in [1.165, 1.54) is 5.56 Å². The summed E-state index contributed by atoms with van der Waals surface area (Å²) in [5.41, 5.74) is 1.11. The van der Waals surface area contributed by atoms with Gasteiger partial charge in [0.05, 0.1) is 5.41 Å². The second-order valence-electron chi connectivity index (χ2n) is 5.26. The molecule has 1 aliphatic rings. The third-order valence-corrected chi connectivity index (χ3v) is 3.92. The average Bonchev–Trinajstić information content (AvgIpc) is 3.21. The number of Topliss-reactive ketones (excluding diaryl/α,β-unsaturated/α-hetero) is 1. The van der Waals surface area contributed by atoms with Gasteiger partial charge in [-0.25, -0.2) is 0 Å². The van der Waals surface area contributed by atoms with Gasteiger partial charge in [0.25, 0.3) is 0 Å². The zero-order valence-electron chi connectivity index (χ0n) is 11.0. The molecule has 0 unspecified atom stereocenters. The zero-order valence-corrected chi connectivity index (χ0v) is 11.0. The first-order valence-electron chi connectivity index (χ1n) is 6.99. The van der Waals surface area contributed by atoms with Gasteiger partial charge in [-0.1, -0.05) is 42.8 Å². The summed E-state index contributed by atoms with van der Waals surface area (Å²) in [5.74, 6) is 0.451. The molecule has 0 N–H and O–H groups in total. The summed E-state index contributed by atoms with van der Waals surface area (Å²) in [6.45, 7) is 3.72. The summed E-state index contributed by atoms with van der Waals surface area (Å²) in [7, 11) is 0. The van der Waals surface area contributed by atoms with Crippen LogP contribution in [-0.4, -0.2) is 5.78 Å². The van der Waals surface area contributed by atoms with Gasteiger partial charge >= 0.3 is 0 Å². The van der Waals surface area contributed by atoms with Crippen LogP contribution >= 0.6 is 0 Å². The Labute approximate surface area is 110 Å². The Morgan fingerprint density at radius 2 is 1.89 bits per heavy atom. The molecule has 0 bridgehead atoms. The van der Waals surface area contributed by atoms with Gasteiger partial charge in [0.1, 0.15) is 5.78 Å². The minimum atomic E-state index is -0.111. The summed E-state index contributed by atoms with van der Waals surface area (Å²) in [6, 6.07) is 10.3. The van der Waals surface area contributed by atoms with Crippen molar-refractivity contribution in [3.8, 4) is 0 Å². The van der Waals surface area contributed by atoms with E-state index in [9.17, 15) is 4.79 Å². The third-order valence-electron chi connectivity index (χ3n) is 3.92. The molecule has 1 aromatic carbocycles. The fraction of sp³-hybridized carbons (Fsp3) is 0.471. The number of allylic oxidation sites excluding steroid dienone is 1. The molecule has 1 aliphatic carbocycles. The number of hydrogen-bond donors (Lipinski definition) is 0. The highest BCUT2D eigenvalue weighted by molar-refractivity contribution is 5.93. The van der Waals surface area contributed by atoms with Gasteiger partial charge in [-0.3, -0.25) is 4.79 Å². The predicted molar refractivity (Wildman–Crippen MR) is 75.6 cm³/mol. The average molecular weight is 242 g/mol. The van der Waals surface area contributed by atoms with Crippen LogP contribution in [0, 0.1) is 0 Å². The summed E-state index contributed by atoms with van der Waals surface area (Å²) in [5, 5.41) is 0. The minimum absolute atomic E-state index is 0.111. The van der Waals surface area contributed by atoms with Gasteiger partial charge in [0.2, 0.25) is 0 Å². The van der Waals surface area contributed by atoms with Crippen LogP contribution in [0.3, 0.4) is 0 Å². The molecule has 0 spiro atoms. The fourth-order valence-corrected chi connectivity index (χ4v) is 2.60. The molecule has 1 nitrogen and oxygen atoms in total. The number of ketones is 1. The summed E-state index contributed by atoms with van der Waals surface area (Å²) < 4.78 is 0. The molecule has 0 saturated heterocycles. The van der Waals surface area contributed by atoms with Crippen molar-refractivity contribution in [2.45, 2.75) is 50.4 Å². The maximum absolute atomic E-state index is 12.3. The van der Waals surface area contributed by atoms with E-state index < -0.39 is 0 Å². The number of carbonyl (C=O) groups excluding carboxylic acids is 1. The molecular formula is C17H22O. The van der Waals surface area contributed by atoms with Crippen molar-refractivity contribution in [2.24, 2.45) is 0 Å². The quantitative estimate of drug-likeness (QED) is 0.487. The molecule has 1 saturated carbocycles. The first-order valence-corrected chi connectivity index (χ1v) is 6.99. The van der Waals surface area contributed by atoms with Crippen LogP contribution in [0.15, 0.2) is 43.0 Å². The molecule has 1 heteroatoms. The number of carbonyl (C=O) groups is 1. The van der Waals surface area contributed by atoms with Crippen molar-refractivity contribution in [2.75, 3.05) is 0 Å². The molecule has 1 aromatic rings. The fourth-order valence-electron chi connectivity index (χ4n) is 2.60. The lowest BCUT2D eigenvalue weighted by molar-refractivity contribution is -0.121. The number of hydrogen-bond acceptors (Lipinski definition) is 1. The highest BCUT2D eigenvalue weighted by Gasteiger charge is 2.49. The first kappa shape index (κ1) is 13.1. The molecule has 0 aliphatic heterocycles.